The van der Waals surface area contributed by atoms with E-state index in [1.807, 2.05) is 13.8 Å². The average molecular weight is 282 g/mol. The average Bonchev–Trinajstić information content (AvgIpc) is 2.74. The lowest BCUT2D eigenvalue weighted by molar-refractivity contribution is -0.142. The van der Waals surface area contributed by atoms with Crippen molar-refractivity contribution in [3.63, 3.8) is 0 Å². The molecule has 0 spiro atoms. The summed E-state index contributed by atoms with van der Waals surface area (Å²) in [4.78, 5) is 25.0. The molecule has 1 aromatic rings. The summed E-state index contributed by atoms with van der Waals surface area (Å²) in [7, 11) is 0. The van der Waals surface area contributed by atoms with Gasteiger partial charge in [-0.05, 0) is 36.6 Å². The van der Waals surface area contributed by atoms with Gasteiger partial charge in [0.05, 0.1) is 5.92 Å². The van der Waals surface area contributed by atoms with E-state index >= 15 is 0 Å². The van der Waals surface area contributed by atoms with Gasteiger partial charge in [0.25, 0.3) is 5.91 Å². The molecule has 4 nitrogen and oxygen atoms in total. The van der Waals surface area contributed by atoms with Crippen LogP contribution < -0.4 is 0 Å². The summed E-state index contributed by atoms with van der Waals surface area (Å²) in [5.41, 5.74) is 1.40. The predicted octanol–water partition coefficient (Wildman–Crippen LogP) is 2.44. The fraction of sp³-hybridized carbons (Fsp3) is 0.429. The van der Waals surface area contributed by atoms with Crippen molar-refractivity contribution in [2.75, 3.05) is 13.1 Å². The molecular weight excluding hydrogens is 266 g/mol. The third-order valence-electron chi connectivity index (χ3n) is 3.62. The monoisotopic (exact) mass is 281 g/mol. The minimum Gasteiger partial charge on any atom is -0.481 e. The zero-order valence-electron chi connectivity index (χ0n) is 10.9. The molecule has 0 radical (unpaired) electrons. The standard InChI is InChI=1S/C14H16ClNO3/c1-8-5-10(3-4-12(8)15)13(17)16-6-9(2)11(7-16)14(18)19/h3-5,9,11H,6-7H2,1-2H3,(H,18,19). The number of carboxylic acid groups (broad SMARTS) is 1. The van der Waals surface area contributed by atoms with Crippen molar-refractivity contribution in [1.82, 2.24) is 4.90 Å². The molecule has 0 saturated carbocycles. The predicted molar refractivity (Wildman–Crippen MR) is 72.4 cm³/mol. The van der Waals surface area contributed by atoms with Crippen LogP contribution in [0, 0.1) is 18.8 Å². The van der Waals surface area contributed by atoms with Crippen molar-refractivity contribution < 1.29 is 14.7 Å². The van der Waals surface area contributed by atoms with Crippen molar-refractivity contribution in [3.05, 3.63) is 34.3 Å². The highest BCUT2D eigenvalue weighted by molar-refractivity contribution is 6.31. The Morgan fingerprint density at radius 2 is 2.05 bits per heavy atom. The Morgan fingerprint density at radius 3 is 2.58 bits per heavy atom. The van der Waals surface area contributed by atoms with Gasteiger partial charge < -0.3 is 10.0 Å². The highest BCUT2D eigenvalue weighted by atomic mass is 35.5. The van der Waals surface area contributed by atoms with Crippen LogP contribution in [0.25, 0.3) is 0 Å². The molecule has 1 saturated heterocycles. The Bertz CT molecular complexity index is 529. The second-order valence-electron chi connectivity index (χ2n) is 5.10. The molecule has 0 aromatic heterocycles. The highest BCUT2D eigenvalue weighted by Crippen LogP contribution is 2.25. The van der Waals surface area contributed by atoms with Crippen LogP contribution in [0.1, 0.15) is 22.8 Å². The molecule has 1 aliphatic heterocycles. The van der Waals surface area contributed by atoms with Gasteiger partial charge in [-0.1, -0.05) is 18.5 Å². The molecule has 1 aromatic carbocycles. The summed E-state index contributed by atoms with van der Waals surface area (Å²) in [5, 5.41) is 9.70. The van der Waals surface area contributed by atoms with E-state index in [2.05, 4.69) is 0 Å². The zero-order chi connectivity index (χ0) is 14.2. The molecule has 0 bridgehead atoms. The number of hydrogen-bond acceptors (Lipinski definition) is 2. The molecule has 5 heteroatoms. The lowest BCUT2D eigenvalue weighted by Crippen LogP contribution is -2.29. The first-order chi connectivity index (χ1) is 8.90. The topological polar surface area (TPSA) is 57.6 Å². The van der Waals surface area contributed by atoms with Gasteiger partial charge in [-0.25, -0.2) is 0 Å². The maximum Gasteiger partial charge on any atom is 0.308 e. The van der Waals surface area contributed by atoms with Crippen LogP contribution in [0.3, 0.4) is 0 Å². The van der Waals surface area contributed by atoms with Gasteiger partial charge in [-0.15, -0.1) is 0 Å². The van der Waals surface area contributed by atoms with Gasteiger partial charge in [0.2, 0.25) is 0 Å². The van der Waals surface area contributed by atoms with Gasteiger partial charge in [-0.2, -0.15) is 0 Å². The van der Waals surface area contributed by atoms with Gasteiger partial charge in [0.15, 0.2) is 0 Å². The van der Waals surface area contributed by atoms with Gasteiger partial charge in [0, 0.05) is 23.7 Å². The minimum atomic E-state index is -0.838. The van der Waals surface area contributed by atoms with Crippen LogP contribution in [0.5, 0.6) is 0 Å². The van der Waals surface area contributed by atoms with Crippen LogP contribution in [0.2, 0.25) is 5.02 Å². The molecule has 1 heterocycles. The number of aryl methyl sites for hydroxylation is 1. The van der Waals surface area contributed by atoms with Crippen molar-refractivity contribution in [1.29, 1.82) is 0 Å². The number of likely N-dealkylation sites (tertiary alicyclic amines) is 1. The summed E-state index contributed by atoms with van der Waals surface area (Å²) in [6.45, 7) is 4.46. The van der Waals surface area contributed by atoms with E-state index in [0.717, 1.165) is 5.56 Å². The van der Waals surface area contributed by atoms with Crippen LogP contribution in [-0.4, -0.2) is 35.0 Å². The third-order valence-corrected chi connectivity index (χ3v) is 4.05. The van der Waals surface area contributed by atoms with E-state index in [1.54, 1.807) is 23.1 Å². The van der Waals surface area contributed by atoms with Crippen molar-refractivity contribution in [2.45, 2.75) is 13.8 Å². The lowest BCUT2D eigenvalue weighted by atomic mass is 9.99. The maximum atomic E-state index is 12.3. The Morgan fingerprint density at radius 1 is 1.37 bits per heavy atom. The van der Waals surface area contributed by atoms with Crippen molar-refractivity contribution in [3.8, 4) is 0 Å². The van der Waals surface area contributed by atoms with Crippen LogP contribution in [0.15, 0.2) is 18.2 Å². The Labute approximate surface area is 117 Å². The summed E-state index contributed by atoms with van der Waals surface area (Å²) in [6.07, 6.45) is 0. The van der Waals surface area contributed by atoms with Crippen molar-refractivity contribution >= 4 is 23.5 Å². The molecule has 1 fully saturated rings. The van der Waals surface area contributed by atoms with Gasteiger partial charge in [0.1, 0.15) is 0 Å². The number of hydrogen-bond donors (Lipinski definition) is 1. The molecule has 0 aliphatic carbocycles. The lowest BCUT2D eigenvalue weighted by Gasteiger charge is -2.16. The van der Waals surface area contributed by atoms with E-state index in [1.165, 1.54) is 0 Å². The number of halogens is 1. The summed E-state index contributed by atoms with van der Waals surface area (Å²) < 4.78 is 0. The maximum absolute atomic E-state index is 12.3. The minimum absolute atomic E-state index is 0.0187. The van der Waals surface area contributed by atoms with Crippen LogP contribution in [-0.2, 0) is 4.79 Å². The molecule has 1 amide bonds. The highest BCUT2D eigenvalue weighted by Gasteiger charge is 2.37. The summed E-state index contributed by atoms with van der Waals surface area (Å²) in [6, 6.07) is 5.11. The molecule has 2 unspecified atom stereocenters. The van der Waals surface area contributed by atoms with E-state index in [9.17, 15) is 9.59 Å². The number of rotatable bonds is 2. The first-order valence-electron chi connectivity index (χ1n) is 6.18. The normalized spacial score (nSPS) is 22.6. The second-order valence-corrected chi connectivity index (χ2v) is 5.50. The van der Waals surface area contributed by atoms with Gasteiger partial charge in [-0.3, -0.25) is 9.59 Å². The number of aliphatic carboxylic acids is 1. The Hall–Kier alpha value is -1.55. The fourth-order valence-electron chi connectivity index (χ4n) is 2.41. The number of carbonyl (C=O) groups excluding carboxylic acids is 1. The van der Waals surface area contributed by atoms with Crippen LogP contribution >= 0.6 is 11.6 Å². The van der Waals surface area contributed by atoms with E-state index in [-0.39, 0.29) is 18.4 Å². The molecule has 2 rings (SSSR count). The van der Waals surface area contributed by atoms with Crippen molar-refractivity contribution in [2.24, 2.45) is 11.8 Å². The van der Waals surface area contributed by atoms with Gasteiger partial charge >= 0.3 is 5.97 Å². The first kappa shape index (κ1) is 13.9. The molecule has 102 valence electrons. The number of nitrogens with zero attached hydrogens (tertiary/aromatic N) is 1. The molecular formula is C14H16ClNO3. The molecule has 1 N–H and O–H groups in total. The number of carbonyl (C=O) groups is 2. The third kappa shape index (κ3) is 2.73. The quantitative estimate of drug-likeness (QED) is 0.906. The molecule has 1 aliphatic rings. The fourth-order valence-corrected chi connectivity index (χ4v) is 2.53. The van der Waals surface area contributed by atoms with Crippen LogP contribution in [0.4, 0.5) is 0 Å². The molecule has 19 heavy (non-hydrogen) atoms. The largest absolute Gasteiger partial charge is 0.481 e. The summed E-state index contributed by atoms with van der Waals surface area (Å²) >= 11 is 5.93. The van der Waals surface area contributed by atoms with E-state index in [0.29, 0.717) is 17.1 Å². The summed E-state index contributed by atoms with van der Waals surface area (Å²) in [5.74, 6) is -1.46. The second kappa shape index (κ2) is 5.21. The SMILES string of the molecule is Cc1cc(C(=O)N2CC(C)C(C(=O)O)C2)ccc1Cl. The Kier molecular flexibility index (Phi) is 3.80. The molecule has 2 atom stereocenters. The Balaban J connectivity index is 2.17. The number of amides is 1. The number of carboxylic acids is 1. The zero-order valence-corrected chi connectivity index (χ0v) is 11.6. The number of benzene rings is 1. The van der Waals surface area contributed by atoms with E-state index in [4.69, 9.17) is 16.7 Å². The van der Waals surface area contributed by atoms with E-state index < -0.39 is 11.9 Å². The smallest absolute Gasteiger partial charge is 0.308 e. The first-order valence-corrected chi connectivity index (χ1v) is 6.56.